The van der Waals surface area contributed by atoms with Gasteiger partial charge in [-0.15, -0.1) is 13.2 Å². The number of nitrogens with zero attached hydrogens (tertiary/aromatic N) is 2. The highest BCUT2D eigenvalue weighted by molar-refractivity contribution is 5.79. The first-order valence-electron chi connectivity index (χ1n) is 9.41. The van der Waals surface area contributed by atoms with Crippen molar-refractivity contribution in [1.29, 1.82) is 0 Å². The van der Waals surface area contributed by atoms with Crippen molar-refractivity contribution >= 4 is 5.91 Å². The van der Waals surface area contributed by atoms with Gasteiger partial charge in [-0.3, -0.25) is 9.53 Å². The summed E-state index contributed by atoms with van der Waals surface area (Å²) in [5.41, 5.74) is 1.10. The number of carbonyl (C=O) groups excluding carboxylic acids is 1. The van der Waals surface area contributed by atoms with Gasteiger partial charge in [0.25, 0.3) is 5.91 Å². The maximum atomic E-state index is 13.1. The summed E-state index contributed by atoms with van der Waals surface area (Å²) in [7, 11) is 0. The standard InChI is InChI=1S/C20H20F5N3O3/c1-12(27-19(29)10-30-14-2-3-16(21)17(22)8-14)4-5-28-9-18(26-11-28)13-6-15(7-13)31-20(23,24)25/h2-3,8-9,11,13,15H,1,4-7,10H2,(H,27,29). The molecule has 1 aliphatic rings. The fraction of sp³-hybridized carbons (Fsp3) is 0.400. The molecule has 1 aromatic heterocycles. The third-order valence-electron chi connectivity index (χ3n) is 4.72. The highest BCUT2D eigenvalue weighted by Crippen LogP contribution is 2.40. The Hall–Kier alpha value is -2.95. The van der Waals surface area contributed by atoms with Crippen LogP contribution in [0.4, 0.5) is 22.0 Å². The van der Waals surface area contributed by atoms with E-state index in [4.69, 9.17) is 4.74 Å². The number of halogens is 5. The summed E-state index contributed by atoms with van der Waals surface area (Å²) in [6.07, 6.45) is -1.24. The Bertz CT molecular complexity index is 938. The van der Waals surface area contributed by atoms with E-state index in [0.29, 0.717) is 24.4 Å². The van der Waals surface area contributed by atoms with Gasteiger partial charge in [0.1, 0.15) is 5.75 Å². The number of alkyl halides is 3. The first-order valence-corrected chi connectivity index (χ1v) is 9.41. The fourth-order valence-corrected chi connectivity index (χ4v) is 3.08. The molecule has 0 atom stereocenters. The van der Waals surface area contributed by atoms with Crippen LogP contribution in [0, 0.1) is 11.6 Å². The number of hydrogen-bond acceptors (Lipinski definition) is 4. The van der Waals surface area contributed by atoms with Crippen LogP contribution in [0.15, 0.2) is 43.0 Å². The second-order valence-corrected chi connectivity index (χ2v) is 7.16. The van der Waals surface area contributed by atoms with Gasteiger partial charge in [0.2, 0.25) is 0 Å². The number of allylic oxidation sites excluding steroid dienone is 1. The first kappa shape index (κ1) is 22.7. The zero-order valence-corrected chi connectivity index (χ0v) is 16.3. The molecule has 1 N–H and O–H groups in total. The molecule has 1 fully saturated rings. The molecule has 0 unspecified atom stereocenters. The van der Waals surface area contributed by atoms with Crippen LogP contribution >= 0.6 is 0 Å². The molecular formula is C20H20F5N3O3. The Kier molecular flexibility index (Phi) is 6.94. The van der Waals surface area contributed by atoms with Crippen LogP contribution < -0.4 is 10.1 Å². The number of amides is 1. The van der Waals surface area contributed by atoms with E-state index >= 15 is 0 Å². The molecule has 1 saturated carbocycles. The molecule has 3 rings (SSSR count). The molecule has 0 spiro atoms. The van der Waals surface area contributed by atoms with Crippen LogP contribution in [-0.2, 0) is 16.1 Å². The van der Waals surface area contributed by atoms with Crippen LogP contribution in [0.3, 0.4) is 0 Å². The lowest BCUT2D eigenvalue weighted by atomic mass is 9.80. The molecule has 31 heavy (non-hydrogen) atoms. The first-order chi connectivity index (χ1) is 14.6. The number of imidazole rings is 1. The molecule has 2 aromatic rings. The lowest BCUT2D eigenvalue weighted by molar-refractivity contribution is -0.351. The maximum Gasteiger partial charge on any atom is 0.522 e. The second-order valence-electron chi connectivity index (χ2n) is 7.16. The summed E-state index contributed by atoms with van der Waals surface area (Å²) in [5, 5.41) is 2.54. The van der Waals surface area contributed by atoms with Gasteiger partial charge in [-0.25, -0.2) is 13.8 Å². The van der Waals surface area contributed by atoms with Crippen LogP contribution in [0.1, 0.15) is 30.9 Å². The minimum Gasteiger partial charge on any atom is -0.484 e. The van der Waals surface area contributed by atoms with Gasteiger partial charge < -0.3 is 14.6 Å². The van der Waals surface area contributed by atoms with Crippen molar-refractivity contribution < 1.29 is 36.2 Å². The predicted molar refractivity (Wildman–Crippen MR) is 98.9 cm³/mol. The zero-order chi connectivity index (χ0) is 22.6. The number of rotatable bonds is 9. The minimum atomic E-state index is -4.62. The quantitative estimate of drug-likeness (QED) is 0.592. The van der Waals surface area contributed by atoms with E-state index in [1.165, 1.54) is 6.07 Å². The average molecular weight is 445 g/mol. The third-order valence-corrected chi connectivity index (χ3v) is 4.72. The molecule has 168 valence electrons. The highest BCUT2D eigenvalue weighted by atomic mass is 19.4. The number of aromatic nitrogens is 2. The molecular weight excluding hydrogens is 425 g/mol. The summed E-state index contributed by atoms with van der Waals surface area (Å²) in [5.74, 6) is -2.66. The highest BCUT2D eigenvalue weighted by Gasteiger charge is 2.41. The smallest absolute Gasteiger partial charge is 0.484 e. The van der Waals surface area contributed by atoms with E-state index in [-0.39, 0.29) is 24.5 Å². The van der Waals surface area contributed by atoms with Crippen molar-refractivity contribution in [2.24, 2.45) is 0 Å². The third kappa shape index (κ3) is 6.78. The van der Waals surface area contributed by atoms with E-state index < -0.39 is 36.6 Å². The largest absolute Gasteiger partial charge is 0.522 e. The van der Waals surface area contributed by atoms with E-state index in [1.54, 1.807) is 17.1 Å². The summed E-state index contributed by atoms with van der Waals surface area (Å²) in [4.78, 5) is 16.1. The maximum absolute atomic E-state index is 13.1. The van der Waals surface area contributed by atoms with Gasteiger partial charge in [0.05, 0.1) is 18.1 Å². The normalized spacial score (nSPS) is 18.4. The van der Waals surface area contributed by atoms with Crippen LogP contribution in [0.5, 0.6) is 5.75 Å². The van der Waals surface area contributed by atoms with Crippen LogP contribution in [-0.4, -0.2) is 34.5 Å². The molecule has 0 radical (unpaired) electrons. The lowest BCUT2D eigenvalue weighted by Gasteiger charge is -2.34. The second kappa shape index (κ2) is 9.46. The predicted octanol–water partition coefficient (Wildman–Crippen LogP) is 4.04. The van der Waals surface area contributed by atoms with Gasteiger partial charge in [-0.2, -0.15) is 0 Å². The number of benzene rings is 1. The van der Waals surface area contributed by atoms with E-state index in [0.717, 1.165) is 12.1 Å². The Morgan fingerprint density at radius 2 is 2.00 bits per heavy atom. The molecule has 0 saturated heterocycles. The summed E-state index contributed by atoms with van der Waals surface area (Å²) < 4.78 is 73.3. The number of nitrogens with one attached hydrogen (secondary N) is 1. The Labute approximate surface area is 174 Å². The van der Waals surface area contributed by atoms with Crippen LogP contribution in [0.25, 0.3) is 0 Å². The van der Waals surface area contributed by atoms with Crippen molar-refractivity contribution in [2.45, 2.75) is 44.2 Å². The lowest BCUT2D eigenvalue weighted by Crippen LogP contribution is -2.34. The molecule has 1 aliphatic carbocycles. The fourth-order valence-electron chi connectivity index (χ4n) is 3.08. The van der Waals surface area contributed by atoms with Gasteiger partial charge in [0, 0.05) is 36.8 Å². The molecule has 1 amide bonds. The average Bonchev–Trinajstić information content (AvgIpc) is 3.11. The van der Waals surface area contributed by atoms with E-state index in [9.17, 15) is 26.7 Å². The van der Waals surface area contributed by atoms with Crippen molar-refractivity contribution in [3.8, 4) is 5.75 Å². The summed E-state index contributed by atoms with van der Waals surface area (Å²) in [6, 6.07) is 2.94. The van der Waals surface area contributed by atoms with Gasteiger partial charge >= 0.3 is 6.36 Å². The monoisotopic (exact) mass is 445 g/mol. The number of aryl methyl sites for hydroxylation is 1. The zero-order valence-electron chi connectivity index (χ0n) is 16.3. The van der Waals surface area contributed by atoms with Crippen molar-refractivity contribution in [1.82, 2.24) is 14.9 Å². The van der Waals surface area contributed by atoms with Gasteiger partial charge in [-0.1, -0.05) is 6.58 Å². The molecule has 1 aromatic carbocycles. The number of ether oxygens (including phenoxy) is 2. The Morgan fingerprint density at radius 3 is 2.68 bits per heavy atom. The molecule has 6 nitrogen and oxygen atoms in total. The number of hydrogen-bond donors (Lipinski definition) is 1. The van der Waals surface area contributed by atoms with Crippen molar-refractivity contribution in [2.75, 3.05) is 6.61 Å². The Morgan fingerprint density at radius 1 is 1.26 bits per heavy atom. The van der Waals surface area contributed by atoms with E-state index in [2.05, 4.69) is 21.6 Å². The SMILES string of the molecule is C=C(CCn1cnc(C2CC(OC(F)(F)F)C2)c1)NC(=O)COc1ccc(F)c(F)c1. The molecule has 11 heteroatoms. The van der Waals surface area contributed by atoms with Crippen LogP contribution in [0.2, 0.25) is 0 Å². The molecule has 1 heterocycles. The summed E-state index contributed by atoms with van der Waals surface area (Å²) in [6.45, 7) is 3.80. The number of carbonyl (C=O) groups is 1. The minimum absolute atomic E-state index is 0.0180. The van der Waals surface area contributed by atoms with Crippen molar-refractivity contribution in [3.05, 3.63) is 60.3 Å². The van der Waals surface area contributed by atoms with Gasteiger partial charge in [0.15, 0.2) is 18.2 Å². The Balaban J connectivity index is 1.36. The van der Waals surface area contributed by atoms with Gasteiger partial charge in [-0.05, 0) is 25.0 Å². The molecule has 0 bridgehead atoms. The molecule has 0 aliphatic heterocycles. The summed E-state index contributed by atoms with van der Waals surface area (Å²) >= 11 is 0. The topological polar surface area (TPSA) is 65.4 Å². The van der Waals surface area contributed by atoms with E-state index in [1.807, 2.05) is 0 Å². The van der Waals surface area contributed by atoms with Crippen molar-refractivity contribution in [3.63, 3.8) is 0 Å².